The number of amides is 2. The highest BCUT2D eigenvalue weighted by Gasteiger charge is 2.25. The molecule has 192 valence electrons. The number of hydrogen-bond donors (Lipinski definition) is 0. The van der Waals surface area contributed by atoms with Crippen molar-refractivity contribution in [3.05, 3.63) is 71.4 Å². The van der Waals surface area contributed by atoms with E-state index in [0.29, 0.717) is 44.1 Å². The van der Waals surface area contributed by atoms with Gasteiger partial charge in [-0.15, -0.1) is 0 Å². The summed E-state index contributed by atoms with van der Waals surface area (Å²) >= 11 is 0. The number of aromatic nitrogens is 2. The predicted octanol–water partition coefficient (Wildman–Crippen LogP) is 4.19. The van der Waals surface area contributed by atoms with Crippen LogP contribution in [0.4, 0.5) is 5.69 Å². The van der Waals surface area contributed by atoms with E-state index in [9.17, 15) is 9.59 Å². The smallest absolute Gasteiger partial charge is 0.289 e. The topological polar surface area (TPSA) is 74.8 Å². The van der Waals surface area contributed by atoms with Crippen molar-refractivity contribution in [2.45, 2.75) is 46.7 Å². The van der Waals surface area contributed by atoms with Gasteiger partial charge < -0.3 is 19.1 Å². The Bertz CT molecular complexity index is 1180. The predicted molar refractivity (Wildman–Crippen MR) is 140 cm³/mol. The third kappa shape index (κ3) is 6.43. The van der Waals surface area contributed by atoms with Crippen LogP contribution in [0.5, 0.6) is 0 Å². The lowest BCUT2D eigenvalue weighted by molar-refractivity contribution is -0.119. The molecule has 4 rings (SSSR count). The lowest BCUT2D eigenvalue weighted by Crippen LogP contribution is -2.37. The fraction of sp³-hybridized carbons (Fsp3) is 0.464. The van der Waals surface area contributed by atoms with Crippen molar-refractivity contribution in [1.82, 2.24) is 19.6 Å². The number of anilines is 1. The Morgan fingerprint density at radius 1 is 1.06 bits per heavy atom. The normalized spacial score (nSPS) is 15.6. The third-order valence-electron chi connectivity index (χ3n) is 6.44. The molecule has 2 amide bonds. The number of carbonyl (C=O) groups excluding carboxylic acids is 2. The summed E-state index contributed by atoms with van der Waals surface area (Å²) < 4.78 is 7.75. The number of hydrogen-bond acceptors (Lipinski definition) is 5. The van der Waals surface area contributed by atoms with Crippen LogP contribution in [-0.2, 0) is 17.9 Å². The average Bonchev–Trinajstić information content (AvgIpc) is 3.47. The monoisotopic (exact) mass is 491 g/mol. The van der Waals surface area contributed by atoms with Gasteiger partial charge in [0.05, 0.1) is 12.7 Å². The van der Waals surface area contributed by atoms with Crippen LogP contribution in [-0.4, -0.2) is 64.6 Å². The van der Waals surface area contributed by atoms with Crippen LogP contribution in [0.3, 0.4) is 0 Å². The minimum atomic E-state index is -0.152. The van der Waals surface area contributed by atoms with Gasteiger partial charge in [-0.25, -0.2) is 0 Å². The maximum atomic E-state index is 13.6. The molecule has 0 N–H and O–H groups in total. The number of furan rings is 1. The van der Waals surface area contributed by atoms with E-state index < -0.39 is 0 Å². The van der Waals surface area contributed by atoms with Gasteiger partial charge in [-0.05, 0) is 62.2 Å². The maximum absolute atomic E-state index is 13.6. The van der Waals surface area contributed by atoms with Gasteiger partial charge in [-0.2, -0.15) is 5.10 Å². The third-order valence-corrected chi connectivity index (χ3v) is 6.44. The SMILES string of the molecule is Cc1cnn(Cc2ccc(C(=O)N3CCN(C)CCCN(C(=O)CC(C)C)c4ccccc4C3)o2)c1. The van der Waals surface area contributed by atoms with Crippen LogP contribution in [0.15, 0.2) is 53.2 Å². The first kappa shape index (κ1) is 25.7. The van der Waals surface area contributed by atoms with Crippen molar-refractivity contribution in [1.29, 1.82) is 0 Å². The lowest BCUT2D eigenvalue weighted by Gasteiger charge is -2.28. The first-order chi connectivity index (χ1) is 17.3. The van der Waals surface area contributed by atoms with Crippen molar-refractivity contribution >= 4 is 17.5 Å². The molecule has 1 aliphatic rings. The van der Waals surface area contributed by atoms with E-state index in [1.165, 1.54) is 0 Å². The molecule has 1 aromatic carbocycles. The Balaban J connectivity index is 1.59. The van der Waals surface area contributed by atoms with Gasteiger partial charge in [0.15, 0.2) is 5.76 Å². The fourth-order valence-electron chi connectivity index (χ4n) is 4.55. The Kier molecular flexibility index (Phi) is 8.25. The van der Waals surface area contributed by atoms with Crippen molar-refractivity contribution in [2.75, 3.05) is 38.1 Å². The molecule has 0 spiro atoms. The molecule has 0 fully saturated rings. The van der Waals surface area contributed by atoms with E-state index in [2.05, 4.69) is 30.9 Å². The van der Waals surface area contributed by atoms with Crippen molar-refractivity contribution < 1.29 is 14.0 Å². The van der Waals surface area contributed by atoms with E-state index in [0.717, 1.165) is 36.3 Å². The molecule has 0 aliphatic carbocycles. The van der Waals surface area contributed by atoms with Crippen molar-refractivity contribution in [3.8, 4) is 0 Å². The standard InChI is InChI=1S/C28H37N5O3/c1-21(2)16-27(34)33-13-7-12-30(4)14-15-31(19-23-8-5-6-9-25(23)33)28(35)26-11-10-24(36-26)20-32-18-22(3)17-29-32/h5-6,8-11,17-18,21H,7,12-16,19-20H2,1-4H3. The molecule has 8 heteroatoms. The second-order valence-corrected chi connectivity index (χ2v) is 10.1. The molecule has 2 aromatic heterocycles. The van der Waals surface area contributed by atoms with Gasteiger partial charge in [-0.1, -0.05) is 32.0 Å². The zero-order valence-electron chi connectivity index (χ0n) is 21.8. The maximum Gasteiger partial charge on any atom is 0.289 e. The number of likely N-dealkylation sites (N-methyl/N-ethyl adjacent to an activating group) is 1. The number of rotatable bonds is 5. The zero-order chi connectivity index (χ0) is 25.7. The molecule has 0 radical (unpaired) electrons. The molecule has 3 heterocycles. The molecule has 8 nitrogen and oxygen atoms in total. The molecule has 0 saturated heterocycles. The minimum Gasteiger partial charge on any atom is -0.454 e. The summed E-state index contributed by atoms with van der Waals surface area (Å²) in [5.74, 6) is 1.25. The summed E-state index contributed by atoms with van der Waals surface area (Å²) in [6, 6.07) is 11.5. The summed E-state index contributed by atoms with van der Waals surface area (Å²) in [5.41, 5.74) is 2.93. The highest BCUT2D eigenvalue weighted by molar-refractivity contribution is 5.95. The van der Waals surface area contributed by atoms with E-state index in [-0.39, 0.29) is 17.7 Å². The van der Waals surface area contributed by atoms with Gasteiger partial charge in [0.25, 0.3) is 5.91 Å². The zero-order valence-corrected chi connectivity index (χ0v) is 21.8. The molecule has 0 saturated carbocycles. The van der Waals surface area contributed by atoms with Gasteiger partial charge >= 0.3 is 0 Å². The fourth-order valence-corrected chi connectivity index (χ4v) is 4.55. The highest BCUT2D eigenvalue weighted by atomic mass is 16.4. The summed E-state index contributed by atoms with van der Waals surface area (Å²) in [6.45, 7) is 9.82. The van der Waals surface area contributed by atoms with Crippen LogP contribution < -0.4 is 4.90 Å². The van der Waals surface area contributed by atoms with E-state index in [4.69, 9.17) is 4.42 Å². The van der Waals surface area contributed by atoms with Crippen molar-refractivity contribution in [3.63, 3.8) is 0 Å². The van der Waals surface area contributed by atoms with Crippen LogP contribution in [0.25, 0.3) is 0 Å². The van der Waals surface area contributed by atoms with Gasteiger partial charge in [0, 0.05) is 44.5 Å². The molecule has 3 aromatic rings. The van der Waals surface area contributed by atoms with E-state index >= 15 is 0 Å². The van der Waals surface area contributed by atoms with Gasteiger partial charge in [0.2, 0.25) is 5.91 Å². The lowest BCUT2D eigenvalue weighted by atomic mass is 10.1. The molecule has 1 aliphatic heterocycles. The number of benzene rings is 1. The highest BCUT2D eigenvalue weighted by Crippen LogP contribution is 2.26. The van der Waals surface area contributed by atoms with Crippen LogP contribution in [0.2, 0.25) is 0 Å². The second-order valence-electron chi connectivity index (χ2n) is 10.1. The molecule has 0 atom stereocenters. The number of aryl methyl sites for hydroxylation is 1. The van der Waals surface area contributed by atoms with Crippen molar-refractivity contribution in [2.24, 2.45) is 5.92 Å². The average molecular weight is 492 g/mol. The Morgan fingerprint density at radius 2 is 1.86 bits per heavy atom. The van der Waals surface area contributed by atoms with E-state index in [1.54, 1.807) is 16.9 Å². The molecular weight excluding hydrogens is 454 g/mol. The Hall–Kier alpha value is -3.39. The molecule has 0 unspecified atom stereocenters. The molecule has 36 heavy (non-hydrogen) atoms. The first-order valence-corrected chi connectivity index (χ1v) is 12.7. The van der Waals surface area contributed by atoms with Gasteiger partial charge in [0.1, 0.15) is 5.76 Å². The Labute approximate surface area is 213 Å². The van der Waals surface area contributed by atoms with Gasteiger partial charge in [-0.3, -0.25) is 14.3 Å². The summed E-state index contributed by atoms with van der Waals surface area (Å²) in [7, 11) is 2.06. The molecule has 0 bridgehead atoms. The quantitative estimate of drug-likeness (QED) is 0.535. The summed E-state index contributed by atoms with van der Waals surface area (Å²) in [4.78, 5) is 32.8. The summed E-state index contributed by atoms with van der Waals surface area (Å²) in [6.07, 6.45) is 5.11. The second kappa shape index (κ2) is 11.6. The van der Waals surface area contributed by atoms with Crippen LogP contribution in [0.1, 0.15) is 54.1 Å². The minimum absolute atomic E-state index is 0.127. The molecular formula is C28H37N5O3. The largest absolute Gasteiger partial charge is 0.454 e. The van der Waals surface area contributed by atoms with Crippen LogP contribution >= 0.6 is 0 Å². The van der Waals surface area contributed by atoms with Crippen LogP contribution in [0, 0.1) is 12.8 Å². The number of para-hydroxylation sites is 1. The first-order valence-electron chi connectivity index (χ1n) is 12.7. The number of fused-ring (bicyclic) bond motifs is 1. The number of carbonyl (C=O) groups is 2. The summed E-state index contributed by atoms with van der Waals surface area (Å²) in [5, 5.41) is 4.30. The Morgan fingerprint density at radius 3 is 2.61 bits per heavy atom. The number of nitrogens with zero attached hydrogens (tertiary/aromatic N) is 5. The van der Waals surface area contributed by atoms with E-state index in [1.807, 2.05) is 53.3 Å².